The fraction of sp³-hybridized carbons (Fsp3) is 0.600. The SMILES string of the molecule is CC(c1ccc(Br)cc1Cl)N1C2CCC1CC(N)C2. The molecule has 0 aliphatic carbocycles. The predicted molar refractivity (Wildman–Crippen MR) is 83.4 cm³/mol. The molecule has 2 aliphatic rings. The highest BCUT2D eigenvalue weighted by Crippen LogP contribution is 2.42. The Labute approximate surface area is 128 Å². The van der Waals surface area contributed by atoms with Crippen molar-refractivity contribution in [2.75, 3.05) is 0 Å². The van der Waals surface area contributed by atoms with E-state index in [1.165, 1.54) is 18.4 Å². The second kappa shape index (κ2) is 5.36. The van der Waals surface area contributed by atoms with Gasteiger partial charge in [0.05, 0.1) is 0 Å². The van der Waals surface area contributed by atoms with E-state index in [1.807, 2.05) is 6.07 Å². The van der Waals surface area contributed by atoms with Gasteiger partial charge in [-0.3, -0.25) is 4.90 Å². The maximum absolute atomic E-state index is 6.41. The Morgan fingerprint density at radius 2 is 1.95 bits per heavy atom. The zero-order chi connectivity index (χ0) is 13.6. The van der Waals surface area contributed by atoms with Crippen molar-refractivity contribution in [1.29, 1.82) is 0 Å². The molecule has 3 rings (SSSR count). The fourth-order valence-electron chi connectivity index (χ4n) is 3.89. The first-order chi connectivity index (χ1) is 9.06. The van der Waals surface area contributed by atoms with Crippen molar-refractivity contribution >= 4 is 27.5 Å². The van der Waals surface area contributed by atoms with Gasteiger partial charge in [0.15, 0.2) is 0 Å². The van der Waals surface area contributed by atoms with Crippen LogP contribution < -0.4 is 5.73 Å². The summed E-state index contributed by atoms with van der Waals surface area (Å²) in [6, 6.07) is 8.27. The third-order valence-electron chi connectivity index (χ3n) is 4.69. The van der Waals surface area contributed by atoms with Gasteiger partial charge in [0, 0.05) is 33.7 Å². The van der Waals surface area contributed by atoms with Crippen LogP contribution in [0.4, 0.5) is 0 Å². The Morgan fingerprint density at radius 3 is 2.53 bits per heavy atom. The van der Waals surface area contributed by atoms with Crippen LogP contribution in [-0.4, -0.2) is 23.0 Å². The number of nitrogens with two attached hydrogens (primary N) is 1. The van der Waals surface area contributed by atoms with Crippen molar-refractivity contribution in [3.63, 3.8) is 0 Å². The first kappa shape index (κ1) is 13.9. The number of fused-ring (bicyclic) bond motifs is 2. The topological polar surface area (TPSA) is 29.3 Å². The summed E-state index contributed by atoms with van der Waals surface area (Å²) < 4.78 is 1.04. The van der Waals surface area contributed by atoms with E-state index in [0.717, 1.165) is 22.3 Å². The van der Waals surface area contributed by atoms with E-state index in [-0.39, 0.29) is 0 Å². The maximum atomic E-state index is 6.41. The first-order valence-corrected chi connectivity index (χ1v) is 8.21. The number of benzene rings is 1. The average molecular weight is 344 g/mol. The quantitative estimate of drug-likeness (QED) is 0.875. The lowest BCUT2D eigenvalue weighted by molar-refractivity contribution is 0.0854. The molecule has 19 heavy (non-hydrogen) atoms. The predicted octanol–water partition coefficient (Wildman–Crippen LogP) is 4.12. The summed E-state index contributed by atoms with van der Waals surface area (Å²) in [6.07, 6.45) is 4.84. The van der Waals surface area contributed by atoms with Gasteiger partial charge in [0.2, 0.25) is 0 Å². The lowest BCUT2D eigenvalue weighted by atomic mass is 9.94. The lowest BCUT2D eigenvalue weighted by Gasteiger charge is -2.42. The Bertz CT molecular complexity index is 465. The molecule has 2 heterocycles. The van der Waals surface area contributed by atoms with Crippen molar-refractivity contribution in [2.24, 2.45) is 5.73 Å². The number of piperidine rings is 1. The molecule has 4 heteroatoms. The Kier molecular flexibility index (Phi) is 3.91. The van der Waals surface area contributed by atoms with Gasteiger partial charge in [-0.15, -0.1) is 0 Å². The minimum Gasteiger partial charge on any atom is -0.328 e. The van der Waals surface area contributed by atoms with Crippen LogP contribution >= 0.6 is 27.5 Å². The van der Waals surface area contributed by atoms with E-state index in [1.54, 1.807) is 0 Å². The molecule has 0 aromatic heterocycles. The molecule has 2 nitrogen and oxygen atoms in total. The third-order valence-corrected chi connectivity index (χ3v) is 5.51. The molecule has 104 valence electrons. The molecule has 2 aliphatic heterocycles. The molecule has 2 saturated heterocycles. The molecule has 2 bridgehead atoms. The van der Waals surface area contributed by atoms with Gasteiger partial charge < -0.3 is 5.73 Å². The van der Waals surface area contributed by atoms with Gasteiger partial charge in [0.1, 0.15) is 0 Å². The van der Waals surface area contributed by atoms with E-state index >= 15 is 0 Å². The van der Waals surface area contributed by atoms with E-state index in [4.69, 9.17) is 17.3 Å². The molecule has 0 radical (unpaired) electrons. The molecule has 0 amide bonds. The van der Waals surface area contributed by atoms with Crippen LogP contribution in [0.5, 0.6) is 0 Å². The number of rotatable bonds is 2. The van der Waals surface area contributed by atoms with Gasteiger partial charge in [-0.1, -0.05) is 33.6 Å². The summed E-state index contributed by atoms with van der Waals surface area (Å²) >= 11 is 9.88. The van der Waals surface area contributed by atoms with Gasteiger partial charge in [-0.05, 0) is 50.3 Å². The molecule has 2 N–H and O–H groups in total. The fourth-order valence-corrected chi connectivity index (χ4v) is 4.72. The third kappa shape index (κ3) is 2.58. The normalized spacial score (nSPS) is 32.5. The smallest absolute Gasteiger partial charge is 0.0465 e. The van der Waals surface area contributed by atoms with Crippen molar-refractivity contribution in [3.05, 3.63) is 33.3 Å². The molecule has 2 fully saturated rings. The second-order valence-corrected chi connectivity index (χ2v) is 7.23. The molecule has 1 aromatic carbocycles. The van der Waals surface area contributed by atoms with Crippen LogP contribution in [0.15, 0.2) is 22.7 Å². The van der Waals surface area contributed by atoms with Crippen molar-refractivity contribution < 1.29 is 0 Å². The van der Waals surface area contributed by atoms with Crippen LogP contribution in [0.25, 0.3) is 0 Å². The molecule has 3 atom stereocenters. The van der Waals surface area contributed by atoms with Crippen LogP contribution in [0, 0.1) is 0 Å². The summed E-state index contributed by atoms with van der Waals surface area (Å²) in [4.78, 5) is 2.65. The number of hydrogen-bond acceptors (Lipinski definition) is 2. The lowest BCUT2D eigenvalue weighted by Crippen LogP contribution is -2.48. The molecule has 0 saturated carbocycles. The highest BCUT2D eigenvalue weighted by Gasteiger charge is 2.42. The monoisotopic (exact) mass is 342 g/mol. The second-order valence-electron chi connectivity index (χ2n) is 5.91. The Morgan fingerprint density at radius 1 is 1.32 bits per heavy atom. The molecule has 1 aromatic rings. The molecule has 0 spiro atoms. The molecular formula is C15H20BrClN2. The van der Waals surface area contributed by atoms with Crippen LogP contribution in [0.3, 0.4) is 0 Å². The highest BCUT2D eigenvalue weighted by molar-refractivity contribution is 9.10. The highest BCUT2D eigenvalue weighted by atomic mass is 79.9. The zero-order valence-electron chi connectivity index (χ0n) is 11.2. The summed E-state index contributed by atoms with van der Waals surface area (Å²) in [5, 5.41) is 0.858. The summed E-state index contributed by atoms with van der Waals surface area (Å²) in [6.45, 7) is 2.28. The average Bonchev–Trinajstić information content (AvgIpc) is 2.61. The van der Waals surface area contributed by atoms with E-state index < -0.39 is 0 Å². The Hall–Kier alpha value is -0.0900. The molecular weight excluding hydrogens is 324 g/mol. The number of nitrogens with zero attached hydrogens (tertiary/aromatic N) is 1. The maximum Gasteiger partial charge on any atom is 0.0465 e. The van der Waals surface area contributed by atoms with Gasteiger partial charge in [-0.25, -0.2) is 0 Å². The van der Waals surface area contributed by atoms with Crippen molar-refractivity contribution in [1.82, 2.24) is 4.90 Å². The number of hydrogen-bond donors (Lipinski definition) is 1. The first-order valence-electron chi connectivity index (χ1n) is 7.04. The standard InChI is InChI=1S/C15H20BrClN2/c1-9(14-5-2-10(16)6-15(14)17)19-12-3-4-13(19)8-11(18)7-12/h2,5-6,9,11-13H,3-4,7-8,18H2,1H3. The number of halogens is 2. The van der Waals surface area contributed by atoms with Gasteiger partial charge >= 0.3 is 0 Å². The minimum atomic E-state index is 0.380. The van der Waals surface area contributed by atoms with Gasteiger partial charge in [-0.2, -0.15) is 0 Å². The summed E-state index contributed by atoms with van der Waals surface area (Å²) in [7, 11) is 0. The van der Waals surface area contributed by atoms with E-state index in [0.29, 0.717) is 24.2 Å². The molecule has 3 unspecified atom stereocenters. The van der Waals surface area contributed by atoms with E-state index in [9.17, 15) is 0 Å². The Balaban J connectivity index is 1.86. The minimum absolute atomic E-state index is 0.380. The van der Waals surface area contributed by atoms with Crippen LogP contribution in [0.1, 0.15) is 44.2 Å². The van der Waals surface area contributed by atoms with Crippen LogP contribution in [-0.2, 0) is 0 Å². The van der Waals surface area contributed by atoms with E-state index in [2.05, 4.69) is 39.9 Å². The largest absolute Gasteiger partial charge is 0.328 e. The zero-order valence-corrected chi connectivity index (χ0v) is 13.5. The van der Waals surface area contributed by atoms with Crippen molar-refractivity contribution in [2.45, 2.75) is 56.8 Å². The summed E-state index contributed by atoms with van der Waals surface area (Å²) in [5.74, 6) is 0. The van der Waals surface area contributed by atoms with Crippen molar-refractivity contribution in [3.8, 4) is 0 Å². The summed E-state index contributed by atoms with van der Waals surface area (Å²) in [5.41, 5.74) is 7.38. The van der Waals surface area contributed by atoms with Gasteiger partial charge in [0.25, 0.3) is 0 Å². The van der Waals surface area contributed by atoms with Crippen LogP contribution in [0.2, 0.25) is 5.02 Å².